The molecule has 0 bridgehead atoms. The van der Waals surface area contributed by atoms with E-state index in [0.717, 1.165) is 5.57 Å². The highest BCUT2D eigenvalue weighted by molar-refractivity contribution is 6.00. The first-order valence-corrected chi connectivity index (χ1v) is 6.72. The minimum Gasteiger partial charge on any atom is -0.478 e. The third kappa shape index (κ3) is 2.89. The summed E-state index contributed by atoms with van der Waals surface area (Å²) < 4.78 is 5.68. The molecule has 1 aromatic rings. The Labute approximate surface area is 123 Å². The Morgan fingerprint density at radius 3 is 2.71 bits per heavy atom. The monoisotopic (exact) mass is 290 g/mol. The molecule has 1 aliphatic heterocycles. The number of anilines is 1. The Balaban J connectivity index is 2.50. The molecular weight excluding hydrogens is 272 g/mol. The summed E-state index contributed by atoms with van der Waals surface area (Å²) in [7, 11) is 0. The first-order chi connectivity index (χ1) is 9.81. The molecular formula is C15H18N2O4. The van der Waals surface area contributed by atoms with Crippen LogP contribution in [0.5, 0.6) is 5.75 Å². The lowest BCUT2D eigenvalue weighted by Crippen LogP contribution is -2.48. The fourth-order valence-corrected chi connectivity index (χ4v) is 2.25. The number of carbonyl (C=O) groups is 1. The zero-order valence-corrected chi connectivity index (χ0v) is 12.3. The van der Waals surface area contributed by atoms with Crippen molar-refractivity contribution in [1.82, 2.24) is 0 Å². The van der Waals surface area contributed by atoms with E-state index in [1.807, 2.05) is 20.8 Å². The molecule has 0 N–H and O–H groups in total. The molecule has 0 saturated carbocycles. The van der Waals surface area contributed by atoms with Crippen molar-refractivity contribution < 1.29 is 14.5 Å². The second kappa shape index (κ2) is 5.55. The first-order valence-electron chi connectivity index (χ1n) is 6.72. The maximum Gasteiger partial charge on any atom is 0.273 e. The predicted octanol–water partition coefficient (Wildman–Crippen LogP) is 2.92. The van der Waals surface area contributed by atoms with E-state index >= 15 is 0 Å². The van der Waals surface area contributed by atoms with Gasteiger partial charge in [0.25, 0.3) is 11.6 Å². The molecule has 1 amide bonds. The lowest BCUT2D eigenvalue weighted by Gasteiger charge is -2.36. The summed E-state index contributed by atoms with van der Waals surface area (Å²) in [4.78, 5) is 24.5. The second-order valence-electron chi connectivity index (χ2n) is 5.57. The molecule has 1 aliphatic rings. The van der Waals surface area contributed by atoms with Gasteiger partial charge in [-0.05, 0) is 18.9 Å². The van der Waals surface area contributed by atoms with E-state index in [2.05, 4.69) is 6.58 Å². The van der Waals surface area contributed by atoms with E-state index < -0.39 is 11.0 Å². The number of nitro benzene ring substituents is 1. The minimum absolute atomic E-state index is 0.0301. The highest BCUT2D eigenvalue weighted by Gasteiger charge is 2.36. The molecule has 0 spiro atoms. The summed E-state index contributed by atoms with van der Waals surface area (Å²) in [6, 6.07) is 4.28. The van der Waals surface area contributed by atoms with Crippen molar-refractivity contribution in [2.75, 3.05) is 11.4 Å². The molecule has 0 radical (unpaired) electrons. The molecule has 0 saturated heterocycles. The van der Waals surface area contributed by atoms with Crippen molar-refractivity contribution >= 4 is 17.3 Å². The number of rotatable bonds is 4. The largest absolute Gasteiger partial charge is 0.478 e. The quantitative estimate of drug-likeness (QED) is 0.485. The topological polar surface area (TPSA) is 72.7 Å². The van der Waals surface area contributed by atoms with Crippen LogP contribution in [0.3, 0.4) is 0 Å². The van der Waals surface area contributed by atoms with E-state index in [4.69, 9.17) is 4.74 Å². The van der Waals surface area contributed by atoms with Gasteiger partial charge in [-0.15, -0.1) is 0 Å². The van der Waals surface area contributed by atoms with Crippen molar-refractivity contribution in [3.05, 3.63) is 40.5 Å². The van der Waals surface area contributed by atoms with Crippen LogP contribution in [0.1, 0.15) is 20.8 Å². The van der Waals surface area contributed by atoms with Crippen molar-refractivity contribution in [3.63, 3.8) is 0 Å². The summed E-state index contributed by atoms with van der Waals surface area (Å²) in [6.45, 7) is 9.79. The van der Waals surface area contributed by atoms with Crippen LogP contribution in [0, 0.1) is 16.0 Å². The number of nitro groups is 1. The van der Waals surface area contributed by atoms with E-state index in [9.17, 15) is 14.9 Å². The average molecular weight is 290 g/mol. The molecule has 2 rings (SSSR count). The summed E-state index contributed by atoms with van der Waals surface area (Å²) in [5.74, 6) is 0.190. The van der Waals surface area contributed by atoms with Crippen LogP contribution in [0.15, 0.2) is 30.4 Å². The third-order valence-electron chi connectivity index (χ3n) is 3.24. The number of fused-ring (bicyclic) bond motifs is 1. The van der Waals surface area contributed by atoms with Crippen LogP contribution in [0.4, 0.5) is 11.4 Å². The molecule has 0 aliphatic carbocycles. The summed E-state index contributed by atoms with van der Waals surface area (Å²) in [5, 5.41) is 10.9. The van der Waals surface area contributed by atoms with Gasteiger partial charge in [0.15, 0.2) is 11.9 Å². The average Bonchev–Trinajstić information content (AvgIpc) is 2.40. The number of hydrogen-bond acceptors (Lipinski definition) is 4. The van der Waals surface area contributed by atoms with Gasteiger partial charge >= 0.3 is 0 Å². The maximum atomic E-state index is 12.5. The Bertz CT molecular complexity index is 610. The van der Waals surface area contributed by atoms with Crippen molar-refractivity contribution in [2.24, 2.45) is 5.92 Å². The second-order valence-corrected chi connectivity index (χ2v) is 5.57. The Kier molecular flexibility index (Phi) is 3.97. The first kappa shape index (κ1) is 15.0. The standard InChI is InChI=1S/C15H18N2O4/c1-9(2)8-16-12-6-5-11(17(19)20)7-13(12)21-14(10(3)4)15(16)18/h5-7,10,14H,1,8H2,2-4H3. The molecule has 1 unspecified atom stereocenters. The zero-order valence-electron chi connectivity index (χ0n) is 12.3. The smallest absolute Gasteiger partial charge is 0.273 e. The van der Waals surface area contributed by atoms with Crippen LogP contribution in [0.2, 0.25) is 0 Å². The van der Waals surface area contributed by atoms with E-state index in [-0.39, 0.29) is 17.5 Å². The normalized spacial score (nSPS) is 17.4. The van der Waals surface area contributed by atoms with Gasteiger partial charge in [-0.25, -0.2) is 0 Å². The van der Waals surface area contributed by atoms with Crippen LogP contribution < -0.4 is 9.64 Å². The molecule has 21 heavy (non-hydrogen) atoms. The van der Waals surface area contributed by atoms with E-state index in [0.29, 0.717) is 18.0 Å². The summed E-state index contributed by atoms with van der Waals surface area (Å²) in [6.07, 6.45) is -0.640. The Morgan fingerprint density at radius 1 is 1.52 bits per heavy atom. The van der Waals surface area contributed by atoms with Gasteiger partial charge in [0.1, 0.15) is 0 Å². The van der Waals surface area contributed by atoms with Gasteiger partial charge in [-0.1, -0.05) is 26.0 Å². The van der Waals surface area contributed by atoms with E-state index in [1.54, 1.807) is 11.0 Å². The molecule has 6 nitrogen and oxygen atoms in total. The minimum atomic E-state index is -0.640. The highest BCUT2D eigenvalue weighted by atomic mass is 16.6. The Hall–Kier alpha value is -2.37. The lowest BCUT2D eigenvalue weighted by molar-refractivity contribution is -0.384. The van der Waals surface area contributed by atoms with Crippen LogP contribution in [-0.4, -0.2) is 23.5 Å². The number of amides is 1. The van der Waals surface area contributed by atoms with E-state index in [1.165, 1.54) is 12.1 Å². The number of hydrogen-bond donors (Lipinski definition) is 0. The van der Waals surface area contributed by atoms with Gasteiger partial charge in [0.05, 0.1) is 16.7 Å². The number of benzene rings is 1. The lowest BCUT2D eigenvalue weighted by atomic mass is 10.0. The fourth-order valence-electron chi connectivity index (χ4n) is 2.25. The summed E-state index contributed by atoms with van der Waals surface area (Å²) >= 11 is 0. The summed E-state index contributed by atoms with van der Waals surface area (Å²) in [5.41, 5.74) is 1.32. The number of nitrogens with zero attached hydrogens (tertiary/aromatic N) is 2. The van der Waals surface area contributed by atoms with Crippen LogP contribution in [-0.2, 0) is 4.79 Å². The number of ether oxygens (including phenoxy) is 1. The molecule has 1 heterocycles. The molecule has 112 valence electrons. The Morgan fingerprint density at radius 2 is 2.19 bits per heavy atom. The van der Waals surface area contributed by atoms with Gasteiger partial charge < -0.3 is 9.64 Å². The fraction of sp³-hybridized carbons (Fsp3) is 0.400. The third-order valence-corrected chi connectivity index (χ3v) is 3.24. The maximum absolute atomic E-state index is 12.5. The molecule has 1 aromatic carbocycles. The molecule has 6 heteroatoms. The number of carbonyl (C=O) groups excluding carboxylic acids is 1. The van der Waals surface area contributed by atoms with Crippen LogP contribution >= 0.6 is 0 Å². The van der Waals surface area contributed by atoms with Gasteiger partial charge in [-0.2, -0.15) is 0 Å². The van der Waals surface area contributed by atoms with Crippen molar-refractivity contribution in [1.29, 1.82) is 0 Å². The zero-order chi connectivity index (χ0) is 15.7. The molecule has 0 fully saturated rings. The molecule has 0 aromatic heterocycles. The highest BCUT2D eigenvalue weighted by Crippen LogP contribution is 2.38. The van der Waals surface area contributed by atoms with Gasteiger partial charge in [0.2, 0.25) is 0 Å². The number of non-ortho nitro benzene ring substituents is 1. The van der Waals surface area contributed by atoms with Crippen molar-refractivity contribution in [3.8, 4) is 5.75 Å². The predicted molar refractivity (Wildman–Crippen MR) is 79.5 cm³/mol. The SMILES string of the molecule is C=C(C)CN1C(=O)C(C(C)C)Oc2cc([N+](=O)[O-])ccc21. The van der Waals surface area contributed by atoms with Crippen LogP contribution in [0.25, 0.3) is 0 Å². The van der Waals surface area contributed by atoms with Gasteiger partial charge in [-0.3, -0.25) is 14.9 Å². The van der Waals surface area contributed by atoms with Crippen molar-refractivity contribution in [2.45, 2.75) is 26.9 Å². The molecule has 1 atom stereocenters. The van der Waals surface area contributed by atoms with Gasteiger partial charge in [0, 0.05) is 12.6 Å².